The van der Waals surface area contributed by atoms with Crippen molar-refractivity contribution < 1.29 is 9.90 Å². The van der Waals surface area contributed by atoms with Crippen molar-refractivity contribution in [3.05, 3.63) is 10.6 Å². The molecule has 1 atom stereocenters. The molecular weight excluding hydrogens is 274 g/mol. The zero-order valence-electron chi connectivity index (χ0n) is 12.6. The van der Waals surface area contributed by atoms with E-state index < -0.39 is 5.97 Å². The molecular formula is C14H23N3O2S. The van der Waals surface area contributed by atoms with Gasteiger partial charge in [0.2, 0.25) is 0 Å². The van der Waals surface area contributed by atoms with E-state index in [9.17, 15) is 9.90 Å². The molecule has 0 amide bonds. The molecule has 0 bridgehead atoms. The monoisotopic (exact) mass is 297 g/mol. The normalized spacial score (nSPS) is 16.4. The van der Waals surface area contributed by atoms with Gasteiger partial charge in [-0.1, -0.05) is 11.3 Å². The van der Waals surface area contributed by atoms with Crippen molar-refractivity contribution in [3.8, 4) is 0 Å². The van der Waals surface area contributed by atoms with E-state index in [0.717, 1.165) is 36.8 Å². The summed E-state index contributed by atoms with van der Waals surface area (Å²) in [5, 5.41) is 10.2. The lowest BCUT2D eigenvalue weighted by Gasteiger charge is -2.29. The van der Waals surface area contributed by atoms with Gasteiger partial charge in [0.1, 0.15) is 4.88 Å². The van der Waals surface area contributed by atoms with Gasteiger partial charge in [0.15, 0.2) is 5.13 Å². The average molecular weight is 297 g/mol. The fourth-order valence-electron chi connectivity index (χ4n) is 2.49. The van der Waals surface area contributed by atoms with Crippen LogP contribution in [0.1, 0.15) is 48.0 Å². The number of hydrogen-bond acceptors (Lipinski definition) is 5. The summed E-state index contributed by atoms with van der Waals surface area (Å²) >= 11 is 1.32. The largest absolute Gasteiger partial charge is 0.477 e. The molecule has 0 radical (unpaired) electrons. The molecule has 1 unspecified atom stereocenters. The van der Waals surface area contributed by atoms with Crippen molar-refractivity contribution in [2.24, 2.45) is 0 Å². The van der Waals surface area contributed by atoms with Gasteiger partial charge in [0, 0.05) is 25.0 Å². The van der Waals surface area contributed by atoms with Gasteiger partial charge in [-0.25, -0.2) is 9.78 Å². The van der Waals surface area contributed by atoms with Crippen LogP contribution in [0.25, 0.3) is 0 Å². The number of aromatic nitrogens is 1. The Hall–Kier alpha value is -1.14. The van der Waals surface area contributed by atoms with Gasteiger partial charge < -0.3 is 14.9 Å². The maximum absolute atomic E-state index is 11.4. The van der Waals surface area contributed by atoms with Crippen LogP contribution < -0.4 is 4.90 Å². The molecule has 2 rings (SSSR count). The van der Waals surface area contributed by atoms with Crippen molar-refractivity contribution in [1.82, 2.24) is 9.88 Å². The number of rotatable bonds is 7. The molecule has 1 aliphatic rings. The molecule has 0 saturated heterocycles. The third kappa shape index (κ3) is 3.30. The van der Waals surface area contributed by atoms with E-state index in [0.29, 0.717) is 16.8 Å². The minimum atomic E-state index is -0.841. The SMILES string of the molecule is CCN(c1nc(C2CC2)c(C(=O)O)s1)C(C)CN(C)C. The van der Waals surface area contributed by atoms with Gasteiger partial charge in [-0.05, 0) is 40.8 Å². The van der Waals surface area contributed by atoms with Gasteiger partial charge in [0.25, 0.3) is 0 Å². The van der Waals surface area contributed by atoms with Crippen molar-refractivity contribution >= 4 is 22.4 Å². The van der Waals surface area contributed by atoms with Gasteiger partial charge in [0.05, 0.1) is 5.69 Å². The first-order valence-electron chi connectivity index (χ1n) is 7.09. The Labute approximate surface area is 124 Å². The number of aromatic carboxylic acids is 1. The van der Waals surface area contributed by atoms with Crippen molar-refractivity contribution in [3.63, 3.8) is 0 Å². The summed E-state index contributed by atoms with van der Waals surface area (Å²) in [5.74, 6) is -0.471. The molecule has 1 saturated carbocycles. The zero-order chi connectivity index (χ0) is 14.9. The van der Waals surface area contributed by atoms with Gasteiger partial charge in [-0.2, -0.15) is 0 Å². The second kappa shape index (κ2) is 6.10. The summed E-state index contributed by atoms with van der Waals surface area (Å²) in [6.45, 7) is 6.01. The fraction of sp³-hybridized carbons (Fsp3) is 0.714. The van der Waals surface area contributed by atoms with E-state index in [-0.39, 0.29) is 0 Å². The maximum atomic E-state index is 11.4. The number of nitrogens with zero attached hydrogens (tertiary/aromatic N) is 3. The van der Waals surface area contributed by atoms with Gasteiger partial charge >= 0.3 is 5.97 Å². The lowest BCUT2D eigenvalue weighted by molar-refractivity contribution is 0.0700. The fourth-order valence-corrected chi connectivity index (χ4v) is 3.65. The van der Waals surface area contributed by atoms with Crippen molar-refractivity contribution in [2.75, 3.05) is 32.1 Å². The quantitative estimate of drug-likeness (QED) is 0.838. The molecule has 112 valence electrons. The molecule has 1 N–H and O–H groups in total. The Morgan fingerprint density at radius 2 is 2.15 bits per heavy atom. The van der Waals surface area contributed by atoms with E-state index >= 15 is 0 Å². The standard InChI is InChI=1S/C14H23N3O2S/c1-5-17(9(2)8-16(3)4)14-15-11(10-6-7-10)12(20-14)13(18)19/h9-10H,5-8H2,1-4H3,(H,18,19). The van der Waals surface area contributed by atoms with E-state index in [1.165, 1.54) is 11.3 Å². The Morgan fingerprint density at radius 3 is 2.60 bits per heavy atom. The number of carbonyl (C=O) groups is 1. The summed E-state index contributed by atoms with van der Waals surface area (Å²) in [4.78, 5) is 20.8. The predicted octanol–water partition coefficient (Wildman–Crippen LogP) is 2.50. The van der Waals surface area contributed by atoms with Crippen LogP contribution in [0.15, 0.2) is 0 Å². The molecule has 1 aromatic rings. The molecule has 5 nitrogen and oxygen atoms in total. The Kier molecular flexibility index (Phi) is 4.65. The van der Waals surface area contributed by atoms with Crippen LogP contribution in [0.5, 0.6) is 0 Å². The van der Waals surface area contributed by atoms with E-state index in [2.05, 4.69) is 28.6 Å². The smallest absolute Gasteiger partial charge is 0.347 e. The topological polar surface area (TPSA) is 56.7 Å². The first-order chi connectivity index (χ1) is 9.43. The summed E-state index contributed by atoms with van der Waals surface area (Å²) < 4.78 is 0. The molecule has 0 aromatic carbocycles. The number of anilines is 1. The molecule has 1 aromatic heterocycles. The minimum absolute atomic E-state index is 0.315. The highest BCUT2D eigenvalue weighted by Gasteiger charge is 2.33. The number of carboxylic acid groups (broad SMARTS) is 1. The molecule has 1 aliphatic carbocycles. The van der Waals surface area contributed by atoms with Crippen molar-refractivity contribution in [2.45, 2.75) is 38.6 Å². The van der Waals surface area contributed by atoms with E-state index in [4.69, 9.17) is 0 Å². The maximum Gasteiger partial charge on any atom is 0.347 e. The molecule has 0 spiro atoms. The van der Waals surface area contributed by atoms with Crippen LogP contribution in [-0.4, -0.2) is 54.2 Å². The van der Waals surface area contributed by atoms with Crippen LogP contribution in [0.4, 0.5) is 5.13 Å². The van der Waals surface area contributed by atoms with Crippen LogP contribution in [0.3, 0.4) is 0 Å². The Morgan fingerprint density at radius 1 is 1.50 bits per heavy atom. The highest BCUT2D eigenvalue weighted by atomic mass is 32.1. The lowest BCUT2D eigenvalue weighted by Crippen LogP contribution is -2.40. The summed E-state index contributed by atoms with van der Waals surface area (Å²) in [6.07, 6.45) is 2.14. The van der Waals surface area contributed by atoms with Crippen LogP contribution in [0.2, 0.25) is 0 Å². The number of thiazole rings is 1. The van der Waals surface area contributed by atoms with Gasteiger partial charge in [-0.3, -0.25) is 0 Å². The Bertz CT molecular complexity index is 483. The summed E-state index contributed by atoms with van der Waals surface area (Å²) in [7, 11) is 4.09. The molecule has 6 heteroatoms. The number of hydrogen-bond donors (Lipinski definition) is 1. The van der Waals surface area contributed by atoms with Crippen molar-refractivity contribution in [1.29, 1.82) is 0 Å². The highest BCUT2D eigenvalue weighted by Crippen LogP contribution is 2.44. The number of likely N-dealkylation sites (N-methyl/N-ethyl adjacent to an activating group) is 2. The molecule has 1 heterocycles. The molecule has 20 heavy (non-hydrogen) atoms. The molecule has 1 fully saturated rings. The Balaban J connectivity index is 2.25. The van der Waals surface area contributed by atoms with Crippen LogP contribution in [-0.2, 0) is 0 Å². The molecule has 0 aliphatic heterocycles. The minimum Gasteiger partial charge on any atom is -0.477 e. The average Bonchev–Trinajstić information content (AvgIpc) is 3.09. The first-order valence-corrected chi connectivity index (χ1v) is 7.91. The van der Waals surface area contributed by atoms with E-state index in [1.54, 1.807) is 0 Å². The third-order valence-electron chi connectivity index (χ3n) is 3.55. The highest BCUT2D eigenvalue weighted by molar-refractivity contribution is 7.17. The van der Waals surface area contributed by atoms with Crippen LogP contribution >= 0.6 is 11.3 Å². The predicted molar refractivity (Wildman–Crippen MR) is 82.1 cm³/mol. The van der Waals surface area contributed by atoms with Gasteiger partial charge in [-0.15, -0.1) is 0 Å². The third-order valence-corrected chi connectivity index (χ3v) is 4.64. The second-order valence-corrected chi connectivity index (χ2v) is 6.67. The number of carboxylic acids is 1. The summed E-state index contributed by atoms with van der Waals surface area (Å²) in [6, 6.07) is 0.315. The summed E-state index contributed by atoms with van der Waals surface area (Å²) in [5.41, 5.74) is 0.799. The zero-order valence-corrected chi connectivity index (χ0v) is 13.4. The second-order valence-electron chi connectivity index (χ2n) is 5.69. The lowest BCUT2D eigenvalue weighted by atomic mass is 10.2. The van der Waals surface area contributed by atoms with Crippen LogP contribution in [0, 0.1) is 0 Å². The first kappa shape index (κ1) is 15.3. The van der Waals surface area contributed by atoms with E-state index in [1.807, 2.05) is 14.1 Å².